The lowest BCUT2D eigenvalue weighted by molar-refractivity contribution is -0.140. The topological polar surface area (TPSA) is 68.6 Å². The minimum atomic E-state index is -0.269. The van der Waals surface area contributed by atoms with E-state index < -0.39 is 0 Å². The first kappa shape index (κ1) is 21.8. The standard InChI is InChI=1S/C24H26N4O3S/c1-16-7-12-20(28(16)17-8-10-18(30-2)11-9-17)23-22(19-6-4-5-14-25-19)26-24(32)27(23)15-13-21(29)31-3/h4-12,14,22-23H,13,15H2,1-3H3,(H,26,32)/t22-,23+/m1/s1. The number of aromatic nitrogens is 2. The summed E-state index contributed by atoms with van der Waals surface area (Å²) >= 11 is 5.69. The predicted octanol–water partition coefficient (Wildman–Crippen LogP) is 3.72. The molecule has 1 aromatic carbocycles. The molecule has 166 valence electrons. The van der Waals surface area contributed by atoms with Crippen LogP contribution in [0.5, 0.6) is 5.75 Å². The molecule has 32 heavy (non-hydrogen) atoms. The van der Waals surface area contributed by atoms with Gasteiger partial charge in [-0.25, -0.2) is 0 Å². The van der Waals surface area contributed by atoms with Gasteiger partial charge >= 0.3 is 5.97 Å². The Kier molecular flexibility index (Phi) is 6.41. The molecule has 0 radical (unpaired) electrons. The molecule has 0 unspecified atom stereocenters. The first-order valence-electron chi connectivity index (χ1n) is 10.4. The van der Waals surface area contributed by atoms with Crippen molar-refractivity contribution >= 4 is 23.3 Å². The molecule has 2 aromatic heterocycles. The number of hydrogen-bond acceptors (Lipinski definition) is 5. The third-order valence-corrected chi connectivity index (χ3v) is 6.07. The van der Waals surface area contributed by atoms with Gasteiger partial charge in [-0.1, -0.05) is 6.07 Å². The van der Waals surface area contributed by atoms with Crippen LogP contribution in [0.2, 0.25) is 0 Å². The molecule has 7 nitrogen and oxygen atoms in total. The third kappa shape index (κ3) is 4.18. The quantitative estimate of drug-likeness (QED) is 0.435. The fourth-order valence-electron chi connectivity index (χ4n) is 4.16. The summed E-state index contributed by atoms with van der Waals surface area (Å²) < 4.78 is 12.4. The summed E-state index contributed by atoms with van der Waals surface area (Å²) in [7, 11) is 3.05. The van der Waals surface area contributed by atoms with Crippen LogP contribution in [0, 0.1) is 6.92 Å². The highest BCUT2D eigenvalue weighted by Gasteiger charge is 2.41. The van der Waals surface area contributed by atoms with Gasteiger partial charge in [-0.2, -0.15) is 0 Å². The van der Waals surface area contributed by atoms with Crippen LogP contribution >= 0.6 is 12.2 Å². The van der Waals surface area contributed by atoms with Crippen molar-refractivity contribution in [3.05, 3.63) is 77.9 Å². The van der Waals surface area contributed by atoms with Crippen LogP contribution in [0.1, 0.15) is 35.6 Å². The molecule has 8 heteroatoms. The molecule has 0 bridgehead atoms. The van der Waals surface area contributed by atoms with Crippen molar-refractivity contribution in [2.75, 3.05) is 20.8 Å². The minimum absolute atomic E-state index is 0.155. The van der Waals surface area contributed by atoms with Crippen molar-refractivity contribution < 1.29 is 14.3 Å². The Morgan fingerprint density at radius 1 is 1.12 bits per heavy atom. The predicted molar refractivity (Wildman–Crippen MR) is 126 cm³/mol. The lowest BCUT2D eigenvalue weighted by Gasteiger charge is -2.29. The van der Waals surface area contributed by atoms with Crippen LogP contribution in [-0.4, -0.2) is 46.3 Å². The number of rotatable bonds is 7. The molecule has 0 aliphatic carbocycles. The van der Waals surface area contributed by atoms with Gasteiger partial charge in [0.1, 0.15) is 5.75 Å². The Hall–Kier alpha value is -3.39. The van der Waals surface area contributed by atoms with E-state index >= 15 is 0 Å². The van der Waals surface area contributed by atoms with Gasteiger partial charge in [-0.3, -0.25) is 9.78 Å². The van der Waals surface area contributed by atoms with Crippen molar-refractivity contribution in [3.63, 3.8) is 0 Å². The van der Waals surface area contributed by atoms with Crippen LogP contribution < -0.4 is 10.1 Å². The molecular formula is C24H26N4O3S. The molecule has 0 saturated carbocycles. The molecule has 4 rings (SSSR count). The van der Waals surface area contributed by atoms with Gasteiger partial charge < -0.3 is 24.3 Å². The monoisotopic (exact) mass is 450 g/mol. The summed E-state index contributed by atoms with van der Waals surface area (Å²) in [6.45, 7) is 2.52. The highest BCUT2D eigenvalue weighted by Crippen LogP contribution is 2.40. The third-order valence-electron chi connectivity index (χ3n) is 5.72. The molecule has 3 aromatic rings. The average molecular weight is 451 g/mol. The molecule has 0 amide bonds. The Morgan fingerprint density at radius 2 is 1.91 bits per heavy atom. The first-order valence-corrected chi connectivity index (χ1v) is 10.8. The van der Waals surface area contributed by atoms with E-state index in [1.165, 1.54) is 7.11 Å². The summed E-state index contributed by atoms with van der Waals surface area (Å²) in [5.74, 6) is 0.532. The summed E-state index contributed by atoms with van der Waals surface area (Å²) in [6, 6.07) is 17.7. The van der Waals surface area contributed by atoms with E-state index in [4.69, 9.17) is 21.7 Å². The second-order valence-corrected chi connectivity index (χ2v) is 7.97. The number of carbonyl (C=O) groups is 1. The number of aryl methyl sites for hydroxylation is 1. The van der Waals surface area contributed by atoms with E-state index in [0.29, 0.717) is 11.7 Å². The molecule has 2 atom stereocenters. The summed E-state index contributed by atoms with van der Waals surface area (Å²) in [5.41, 5.74) is 4.06. The molecule has 1 saturated heterocycles. The van der Waals surface area contributed by atoms with Gasteiger partial charge in [0, 0.05) is 29.8 Å². The molecule has 1 fully saturated rings. The number of nitrogens with zero attached hydrogens (tertiary/aromatic N) is 3. The van der Waals surface area contributed by atoms with E-state index in [2.05, 4.69) is 38.8 Å². The maximum absolute atomic E-state index is 11.9. The van der Waals surface area contributed by atoms with Crippen molar-refractivity contribution in [2.24, 2.45) is 0 Å². The molecule has 0 spiro atoms. The van der Waals surface area contributed by atoms with E-state index in [0.717, 1.165) is 28.5 Å². The Morgan fingerprint density at radius 3 is 2.56 bits per heavy atom. The van der Waals surface area contributed by atoms with Gasteiger partial charge in [0.15, 0.2) is 5.11 Å². The van der Waals surface area contributed by atoms with E-state index in [-0.39, 0.29) is 24.5 Å². The first-order chi connectivity index (χ1) is 15.5. The van der Waals surface area contributed by atoms with Crippen molar-refractivity contribution in [1.29, 1.82) is 0 Å². The fourth-order valence-corrected chi connectivity index (χ4v) is 4.49. The van der Waals surface area contributed by atoms with E-state index in [1.807, 2.05) is 42.5 Å². The number of carbonyl (C=O) groups excluding carboxylic acids is 1. The Labute approximate surface area is 193 Å². The van der Waals surface area contributed by atoms with Gasteiger partial charge in [-0.15, -0.1) is 0 Å². The maximum Gasteiger partial charge on any atom is 0.307 e. The molecule has 1 N–H and O–H groups in total. The average Bonchev–Trinajstić information content (AvgIpc) is 3.37. The SMILES string of the molecule is COC(=O)CCN1C(=S)N[C@H](c2ccccn2)[C@@H]1c1ccc(C)n1-c1ccc(OC)cc1. The zero-order chi connectivity index (χ0) is 22.7. The molecule has 1 aliphatic rings. The number of esters is 1. The van der Waals surface area contributed by atoms with Gasteiger partial charge in [-0.05, 0) is 67.7 Å². The maximum atomic E-state index is 11.9. The lowest BCUT2D eigenvalue weighted by atomic mass is 10.0. The van der Waals surface area contributed by atoms with Crippen molar-refractivity contribution in [1.82, 2.24) is 19.8 Å². The molecular weight excluding hydrogens is 424 g/mol. The van der Waals surface area contributed by atoms with Gasteiger partial charge in [0.05, 0.1) is 38.4 Å². The van der Waals surface area contributed by atoms with Crippen LogP contribution in [0.4, 0.5) is 0 Å². The molecule has 1 aliphatic heterocycles. The van der Waals surface area contributed by atoms with Crippen LogP contribution in [-0.2, 0) is 9.53 Å². The highest BCUT2D eigenvalue weighted by atomic mass is 32.1. The zero-order valence-electron chi connectivity index (χ0n) is 18.3. The van der Waals surface area contributed by atoms with Crippen molar-refractivity contribution in [3.8, 4) is 11.4 Å². The minimum Gasteiger partial charge on any atom is -0.497 e. The lowest BCUT2D eigenvalue weighted by Crippen LogP contribution is -2.32. The highest BCUT2D eigenvalue weighted by molar-refractivity contribution is 7.80. The van der Waals surface area contributed by atoms with Crippen molar-refractivity contribution in [2.45, 2.75) is 25.4 Å². The number of ether oxygens (including phenoxy) is 2. The normalized spacial score (nSPS) is 17.8. The zero-order valence-corrected chi connectivity index (χ0v) is 19.1. The number of pyridine rings is 1. The number of hydrogen-bond donors (Lipinski definition) is 1. The second kappa shape index (κ2) is 9.40. The summed E-state index contributed by atoms with van der Waals surface area (Å²) in [5, 5.41) is 4.02. The van der Waals surface area contributed by atoms with E-state index in [1.54, 1.807) is 13.3 Å². The number of methoxy groups -OCH3 is 2. The number of benzene rings is 1. The largest absolute Gasteiger partial charge is 0.497 e. The van der Waals surface area contributed by atoms with Gasteiger partial charge in [0.25, 0.3) is 0 Å². The summed E-state index contributed by atoms with van der Waals surface area (Å²) in [4.78, 5) is 18.5. The molecule has 3 heterocycles. The number of nitrogens with one attached hydrogen (secondary N) is 1. The van der Waals surface area contributed by atoms with Gasteiger partial charge in [0.2, 0.25) is 0 Å². The smallest absolute Gasteiger partial charge is 0.307 e. The number of thiocarbonyl (C=S) groups is 1. The van der Waals surface area contributed by atoms with E-state index in [9.17, 15) is 4.79 Å². The fraction of sp³-hybridized carbons (Fsp3) is 0.292. The van der Waals surface area contributed by atoms with Crippen LogP contribution in [0.25, 0.3) is 5.69 Å². The van der Waals surface area contributed by atoms with Crippen LogP contribution in [0.15, 0.2) is 60.8 Å². The van der Waals surface area contributed by atoms with Crippen LogP contribution in [0.3, 0.4) is 0 Å². The summed E-state index contributed by atoms with van der Waals surface area (Å²) in [6.07, 6.45) is 2.02. The Balaban J connectivity index is 1.79. The Bertz CT molecular complexity index is 1100. The second-order valence-electron chi connectivity index (χ2n) is 7.58.